The number of hydroxylamine groups is 1. The maximum Gasteiger partial charge on any atom is 0.402 e. The molecule has 4 saturated heterocycles. The monoisotopic (exact) mass is 1730 g/mol. The van der Waals surface area contributed by atoms with Crippen molar-refractivity contribution in [1.29, 1.82) is 5.41 Å². The van der Waals surface area contributed by atoms with Gasteiger partial charge in [-0.2, -0.15) is 0 Å². The van der Waals surface area contributed by atoms with Gasteiger partial charge < -0.3 is 83.3 Å². The van der Waals surface area contributed by atoms with Crippen LogP contribution in [0.2, 0.25) is 0 Å². The van der Waals surface area contributed by atoms with Crippen molar-refractivity contribution in [3.63, 3.8) is 0 Å². The lowest BCUT2D eigenvalue weighted by Crippen LogP contribution is -2.79. The molecule has 8 aromatic rings. The summed E-state index contributed by atoms with van der Waals surface area (Å²) in [6, 6.07) is 15.8. The third-order valence-electron chi connectivity index (χ3n) is 20.8. The van der Waals surface area contributed by atoms with Gasteiger partial charge in [0, 0.05) is 162 Å². The first-order chi connectivity index (χ1) is 58.4. The van der Waals surface area contributed by atoms with E-state index in [2.05, 4.69) is 94.1 Å². The normalized spacial score (nSPS) is 14.6. The highest BCUT2D eigenvalue weighted by molar-refractivity contribution is 7.16. The van der Waals surface area contributed by atoms with E-state index in [0.29, 0.717) is 118 Å². The molecule has 4 fully saturated rings. The van der Waals surface area contributed by atoms with Crippen molar-refractivity contribution in [2.45, 2.75) is 136 Å². The van der Waals surface area contributed by atoms with Crippen LogP contribution in [0.4, 0.5) is 99.6 Å². The minimum atomic E-state index is -3.49. The number of hydrogen-bond donors (Lipinski definition) is 14. The molecule has 16 N–H and O–H groups in total. The van der Waals surface area contributed by atoms with Crippen molar-refractivity contribution < 1.29 is 43.2 Å². The number of thiazole rings is 4. The van der Waals surface area contributed by atoms with E-state index in [9.17, 15) is 14.4 Å². The molecule has 646 valence electrons. The summed E-state index contributed by atoms with van der Waals surface area (Å²) in [5, 5.41) is 40.4. The molecule has 121 heavy (non-hydrogen) atoms. The highest BCUT2D eigenvalue weighted by Gasteiger charge is 2.61. The average molecular weight is 1730 g/mol. The molecule has 1 atom stereocenters. The third kappa shape index (κ3) is 24.1. The van der Waals surface area contributed by atoms with Crippen molar-refractivity contribution in [1.82, 2.24) is 56.7 Å². The van der Waals surface area contributed by atoms with Gasteiger partial charge in [0.1, 0.15) is 0 Å². The number of carbonyl (C=O) groups is 8. The fourth-order valence-electron chi connectivity index (χ4n) is 14.8. The average Bonchev–Trinajstić information content (AvgIpc) is 1.43. The number of carbonyl (C=O) groups excluding carboxylic acids is 8. The van der Waals surface area contributed by atoms with Crippen molar-refractivity contribution in [3.05, 3.63) is 139 Å². The van der Waals surface area contributed by atoms with Crippen LogP contribution in [0.3, 0.4) is 0 Å². The van der Waals surface area contributed by atoms with E-state index in [-0.39, 0.29) is 89.7 Å². The Morgan fingerprint density at radius 3 is 1.32 bits per heavy atom. The van der Waals surface area contributed by atoms with Gasteiger partial charge in [-0.1, -0.05) is 40.7 Å². The number of urea groups is 7. The topological polar surface area (TPSA) is 431 Å². The third-order valence-corrected chi connectivity index (χ3v) is 24.9. The minimum absolute atomic E-state index is 0.0366. The Bertz CT molecular complexity index is 4930. The molecule has 4 aliphatic rings. The number of nitrogens with one attached hydrogen (secondary N) is 12. The van der Waals surface area contributed by atoms with Crippen LogP contribution in [-0.2, 0) is 35.3 Å². The molecular weight excluding hydrogens is 1620 g/mol. The molecule has 4 aliphatic heterocycles. The number of aryl methyl sites for hydroxylation is 4. The number of piperidine rings is 4. The van der Waals surface area contributed by atoms with Crippen LogP contribution in [0.5, 0.6) is 0 Å². The molecule has 4 aromatic carbocycles. The number of nitrogens with two attached hydrogens (primary N) is 2. The molecule has 39 heteroatoms. The zero-order valence-corrected chi connectivity index (χ0v) is 72.5. The maximum absolute atomic E-state index is 18.2. The van der Waals surface area contributed by atoms with Gasteiger partial charge in [0.05, 0.1) is 45.5 Å². The van der Waals surface area contributed by atoms with E-state index in [1.807, 2.05) is 89.2 Å². The molecule has 0 bridgehead atoms. The Morgan fingerprint density at radius 2 is 0.826 bits per heavy atom. The number of hydrogen-bond acceptors (Lipinski definition) is 23. The molecule has 12 rings (SSSR count). The van der Waals surface area contributed by atoms with Gasteiger partial charge in [0.15, 0.2) is 21.4 Å². The number of rotatable bonds is 31. The Kier molecular flexibility index (Phi) is 31.0. The maximum atomic E-state index is 18.2. The summed E-state index contributed by atoms with van der Waals surface area (Å²) >= 11 is 4.05. The van der Waals surface area contributed by atoms with Crippen LogP contribution >= 0.6 is 45.3 Å². The van der Waals surface area contributed by atoms with Crippen molar-refractivity contribution in [2.24, 2.45) is 11.5 Å². The van der Waals surface area contributed by atoms with Crippen molar-refractivity contribution >= 4 is 166 Å². The summed E-state index contributed by atoms with van der Waals surface area (Å²) < 4.78 is 0. The molecule has 0 radical (unpaired) electrons. The van der Waals surface area contributed by atoms with Crippen LogP contribution in [0, 0.1) is 33.1 Å². The lowest BCUT2D eigenvalue weighted by molar-refractivity contribution is -0.150. The molecule has 0 spiro atoms. The second kappa shape index (κ2) is 42.4. The minimum Gasteiger partial charge on any atom is -0.370 e. The smallest absolute Gasteiger partial charge is 0.370 e. The Morgan fingerprint density at radius 1 is 0.430 bits per heavy atom. The fourth-order valence-corrected chi connectivity index (χ4v) is 18.2. The van der Waals surface area contributed by atoms with E-state index in [1.165, 1.54) is 18.6 Å². The van der Waals surface area contributed by atoms with E-state index in [1.54, 1.807) is 30.5 Å². The van der Waals surface area contributed by atoms with Crippen LogP contribution in [0.1, 0.15) is 119 Å². The number of amides is 14. The summed E-state index contributed by atoms with van der Waals surface area (Å²) in [7, 11) is 3.78. The number of benzene rings is 4. The van der Waals surface area contributed by atoms with E-state index >= 15 is 24.0 Å². The summed E-state index contributed by atoms with van der Waals surface area (Å²) in [6.07, 6.45) is 17.5. The summed E-state index contributed by atoms with van der Waals surface area (Å²) in [4.78, 5) is 165. The van der Waals surface area contributed by atoms with Crippen LogP contribution < -0.4 is 104 Å². The molecule has 35 nitrogen and oxygen atoms in total. The van der Waals surface area contributed by atoms with Gasteiger partial charge in [0.2, 0.25) is 5.13 Å². The highest BCUT2D eigenvalue weighted by Crippen LogP contribution is 2.44. The standard InChI is InChI=1S/C82H110N26O9S4/c1-53-19-23-61(65(45-53)102-36-11-7-12-37-102)95-74(113)98-75-91-49-58(118-75)29-34-89-73(112)100-82(106(64-26-22-56(4)48-68(64)105-42-17-10-18-43-105)78(115)99-76-92-50-57(119-76)28-32-87-71(85)110,69(109)117-108(81-94-52-60(121-81)27-31-86-70(83)84)79(116)97-63-25-21-55(3)47-67(63)104-40-15-9-16-41-104)107(80-93-51-59(120-80)30-33-88-72(111)90-35-44-101(5)6)77(114)96-62-24-20-54(2)46-66(62)103-38-13-8-14-39-103/h19-26,45-52H,7-18,27-44H2,1-6H3,(H,96,114)(H,97,116)(H4,83,84,86)(H3,85,87,110)(H2,88,90,111)(H2,89,100,112)(H,92,99,115)(H2,91,95,98,113). The molecule has 4 aromatic heterocycles. The van der Waals surface area contributed by atoms with Gasteiger partial charge in [-0.05, 0) is 190 Å². The number of nitrogens with zero attached hydrogens (tertiary/aromatic N) is 12. The first kappa shape index (κ1) is 88.5. The number of aromatic nitrogens is 4. The summed E-state index contributed by atoms with van der Waals surface area (Å²) in [5.41, 5.74) is 18.6. The van der Waals surface area contributed by atoms with E-state index < -0.39 is 54.0 Å². The zero-order valence-electron chi connectivity index (χ0n) is 69.3. The van der Waals surface area contributed by atoms with Gasteiger partial charge in [0.25, 0.3) is 0 Å². The van der Waals surface area contributed by atoms with Crippen LogP contribution in [0.15, 0.2) is 97.6 Å². The number of guanidine groups is 1. The lowest BCUT2D eigenvalue weighted by atomic mass is 10.1. The second-order valence-corrected chi connectivity index (χ2v) is 35.0. The molecule has 8 heterocycles. The van der Waals surface area contributed by atoms with Crippen molar-refractivity contribution in [3.8, 4) is 0 Å². The largest absolute Gasteiger partial charge is 0.402 e. The number of likely N-dealkylation sites (N-methyl/N-ethyl adjacent to an activating group) is 1. The van der Waals surface area contributed by atoms with Gasteiger partial charge in [-0.15, -0.1) is 34.0 Å². The van der Waals surface area contributed by atoms with Gasteiger partial charge >= 0.3 is 54.0 Å². The number of anilines is 12. The first-order valence-corrected chi connectivity index (χ1v) is 44.4. The lowest BCUT2D eigenvalue weighted by Gasteiger charge is -2.47. The Labute approximate surface area is 720 Å². The summed E-state index contributed by atoms with van der Waals surface area (Å²) in [5.74, 6) is -5.45. The Balaban J connectivity index is 1.05. The van der Waals surface area contributed by atoms with Gasteiger partial charge in [-0.25, -0.2) is 68.1 Å². The molecule has 0 saturated carbocycles. The zero-order chi connectivity index (χ0) is 85.5. The van der Waals surface area contributed by atoms with Crippen molar-refractivity contribution in [2.75, 3.05) is 167 Å². The fraction of sp³-hybridized carbons (Fsp3) is 0.451. The van der Waals surface area contributed by atoms with E-state index in [4.69, 9.17) is 31.7 Å². The van der Waals surface area contributed by atoms with Crippen LogP contribution in [0.25, 0.3) is 0 Å². The Hall–Kier alpha value is -11.8. The molecule has 1 unspecified atom stereocenters. The van der Waals surface area contributed by atoms with Gasteiger partial charge in [-0.3, -0.25) is 21.4 Å². The quantitative estimate of drug-likeness (QED) is 0.00830. The molecule has 14 amide bonds. The second-order valence-electron chi connectivity index (χ2n) is 30.6. The molecular formula is C82H110N26O9S4. The highest BCUT2D eigenvalue weighted by atomic mass is 32.1. The number of primary amides is 1. The predicted molar refractivity (Wildman–Crippen MR) is 482 cm³/mol. The summed E-state index contributed by atoms with van der Waals surface area (Å²) in [6.45, 7) is 14.0. The molecule has 0 aliphatic carbocycles. The predicted octanol–water partition coefficient (Wildman–Crippen LogP) is 12.2. The SMILES string of the molecule is Cc1ccc(NC(=O)Nc2ncc(CCNC(=O)NC(C(=O)ON(C(=O)Nc3ccc(C)cc3N3CCCCC3)c3ncc(CCNC(=N)N)s3)(N(C(=O)Nc3ccc(C)cc3N3CCCCC3)c3ncc(CCNC(=O)NCCN(C)C)s3)N(C(=O)Nc3ncc(CCNC(N)=O)s3)c3ccc(C)cc3N3CCCCC3)s2)c(N2CCCCC2)c1. The van der Waals surface area contributed by atoms with E-state index in [0.717, 1.165) is 160 Å². The first-order valence-electron chi connectivity index (χ1n) is 41.1. The van der Waals surface area contributed by atoms with Crippen LogP contribution in [-0.4, -0.2) is 190 Å².